The molecule has 0 aliphatic heterocycles. The molecule has 0 bridgehead atoms. The Morgan fingerprint density at radius 3 is 1.11 bits per heavy atom. The molecule has 0 aromatic rings. The zero-order valence-corrected chi connectivity index (χ0v) is 4.16. The Balaban J connectivity index is -0.0000000720. The molecule has 0 fully saturated rings. The Morgan fingerprint density at radius 1 is 1.11 bits per heavy atom. The average molecular weight is 164 g/mol. The van der Waals surface area contributed by atoms with E-state index >= 15 is 0 Å². The predicted molar refractivity (Wildman–Crippen MR) is 32.5 cm³/mol. The van der Waals surface area contributed by atoms with E-state index in [1.807, 2.05) is 0 Å². The first-order chi connectivity index (χ1) is 3.46. The summed E-state index contributed by atoms with van der Waals surface area (Å²) in [6.07, 6.45) is -1.83. The van der Waals surface area contributed by atoms with E-state index in [1.54, 1.807) is 0 Å². The summed E-state index contributed by atoms with van der Waals surface area (Å²) in [4.78, 5) is 17.6. The molecule has 5 nitrogen and oxygen atoms in total. The molecule has 0 atom stereocenters. The van der Waals surface area contributed by atoms with Crippen LogP contribution in [0, 0.1) is 0 Å². The van der Waals surface area contributed by atoms with E-state index in [9.17, 15) is 0 Å². The Hall–Kier alpha value is -0.000260. The van der Waals surface area contributed by atoms with E-state index in [1.165, 1.54) is 0 Å². The second-order valence-corrected chi connectivity index (χ2v) is 0.802. The van der Waals surface area contributed by atoms with Crippen molar-refractivity contribution in [2.75, 3.05) is 0 Å². The van der Waals surface area contributed by atoms with Crippen LogP contribution in [-0.2, 0) is 4.79 Å². The van der Waals surface area contributed by atoms with Crippen LogP contribution < -0.4 is 0 Å². The zero-order chi connectivity index (χ0) is 7.15. The molecule has 0 saturated heterocycles. The molecule has 0 heterocycles. The number of aliphatic carboxylic acids is 1. The van der Waals surface area contributed by atoms with Crippen molar-refractivity contribution >= 4 is 49.9 Å². The molecule has 0 spiro atoms. The monoisotopic (exact) mass is 164 g/mol. The van der Waals surface area contributed by atoms with Crippen molar-refractivity contribution < 1.29 is 24.9 Å². The van der Waals surface area contributed by atoms with E-state index in [2.05, 4.69) is 0 Å². The second kappa shape index (κ2) is 10.9. The number of carbonyl (C=O) groups is 2. The quantitative estimate of drug-likeness (QED) is 0.415. The van der Waals surface area contributed by atoms with Crippen molar-refractivity contribution in [1.82, 2.24) is 0 Å². The van der Waals surface area contributed by atoms with E-state index in [-0.39, 0.29) is 37.7 Å². The Kier molecular flexibility index (Phi) is 19.4. The fourth-order valence-electron chi connectivity index (χ4n) is 0. The Labute approximate surface area is 81.3 Å². The van der Waals surface area contributed by atoms with Gasteiger partial charge >= 0.3 is 43.9 Å². The molecule has 0 unspecified atom stereocenters. The molecule has 0 aliphatic carbocycles. The predicted octanol–water partition coefficient (Wildman–Crippen LogP) is -0.603. The summed E-state index contributed by atoms with van der Waals surface area (Å²) in [6.45, 7) is 1.08. The average Bonchev–Trinajstić information content (AvgIpc) is 1.25. The zero-order valence-electron chi connectivity index (χ0n) is 4.16. The van der Waals surface area contributed by atoms with Gasteiger partial charge in [-0.3, -0.25) is 4.79 Å². The normalized spacial score (nSPS) is 5.44. The van der Waals surface area contributed by atoms with Crippen LogP contribution in [0.5, 0.6) is 0 Å². The SMILES string of the molecule is CC(=O)O.O=C(O)O.[CaH2]. The van der Waals surface area contributed by atoms with E-state index in [0.29, 0.717) is 0 Å². The summed E-state index contributed by atoms with van der Waals surface area (Å²) >= 11 is 0. The fourth-order valence-corrected chi connectivity index (χ4v) is 0. The standard InChI is InChI=1S/C2H4O2.CH2O3.Ca.2H/c1-2(3)4;2-1(3)4;;;/h1H3,(H,3,4);(H2,2,3,4);;;. The molecule has 0 aromatic heterocycles. The van der Waals surface area contributed by atoms with Crippen LogP contribution in [-0.4, -0.2) is 65.2 Å². The Morgan fingerprint density at radius 2 is 1.11 bits per heavy atom. The van der Waals surface area contributed by atoms with Gasteiger partial charge in [0, 0.05) is 6.92 Å². The second-order valence-electron chi connectivity index (χ2n) is 0.802. The van der Waals surface area contributed by atoms with Crippen LogP contribution in [0.1, 0.15) is 6.92 Å². The van der Waals surface area contributed by atoms with Gasteiger partial charge in [0.05, 0.1) is 0 Å². The number of carboxylic acids is 1. The van der Waals surface area contributed by atoms with Crippen molar-refractivity contribution in [1.29, 1.82) is 0 Å². The van der Waals surface area contributed by atoms with Gasteiger partial charge in [-0.1, -0.05) is 0 Å². The van der Waals surface area contributed by atoms with Gasteiger partial charge in [0.1, 0.15) is 0 Å². The van der Waals surface area contributed by atoms with Gasteiger partial charge in [0.25, 0.3) is 5.97 Å². The first-order valence-electron chi connectivity index (χ1n) is 1.58. The van der Waals surface area contributed by atoms with Crippen LogP contribution in [0.4, 0.5) is 4.79 Å². The maximum absolute atomic E-state index is 9.00. The molecule has 0 amide bonds. The van der Waals surface area contributed by atoms with E-state index < -0.39 is 12.1 Å². The van der Waals surface area contributed by atoms with Crippen LogP contribution in [0.15, 0.2) is 0 Å². The van der Waals surface area contributed by atoms with Crippen molar-refractivity contribution in [2.24, 2.45) is 0 Å². The van der Waals surface area contributed by atoms with Crippen molar-refractivity contribution in [3.05, 3.63) is 0 Å². The first kappa shape index (κ1) is 16.0. The molecule has 0 rings (SSSR count). The summed E-state index contributed by atoms with van der Waals surface area (Å²) in [6, 6.07) is 0. The van der Waals surface area contributed by atoms with Gasteiger partial charge in [-0.15, -0.1) is 0 Å². The summed E-state index contributed by atoms with van der Waals surface area (Å²) in [5, 5.41) is 21.4. The van der Waals surface area contributed by atoms with E-state index in [4.69, 9.17) is 24.9 Å². The Bertz CT molecular complexity index is 70.2. The van der Waals surface area contributed by atoms with Gasteiger partial charge in [-0.2, -0.15) is 0 Å². The van der Waals surface area contributed by atoms with Crippen LogP contribution in [0.2, 0.25) is 0 Å². The topological polar surface area (TPSA) is 94.8 Å². The summed E-state index contributed by atoms with van der Waals surface area (Å²) < 4.78 is 0. The molecule has 0 radical (unpaired) electrons. The van der Waals surface area contributed by atoms with Crippen LogP contribution >= 0.6 is 0 Å². The maximum atomic E-state index is 9.00. The van der Waals surface area contributed by atoms with Crippen LogP contribution in [0.25, 0.3) is 0 Å². The molecule has 0 aromatic carbocycles. The molecule has 0 saturated carbocycles. The minimum atomic E-state index is -1.83. The molecule has 9 heavy (non-hydrogen) atoms. The van der Waals surface area contributed by atoms with E-state index in [0.717, 1.165) is 6.92 Å². The third-order valence-electron chi connectivity index (χ3n) is 0. The van der Waals surface area contributed by atoms with Gasteiger partial charge in [0.2, 0.25) is 0 Å². The van der Waals surface area contributed by atoms with Gasteiger partial charge in [0.15, 0.2) is 0 Å². The van der Waals surface area contributed by atoms with Crippen molar-refractivity contribution in [3.63, 3.8) is 0 Å². The third-order valence-corrected chi connectivity index (χ3v) is 0. The number of rotatable bonds is 0. The molecule has 0 aliphatic rings. The molecule has 3 N–H and O–H groups in total. The third kappa shape index (κ3) is 4270000000. The number of hydrogen-bond donors (Lipinski definition) is 3. The number of hydrogen-bond acceptors (Lipinski definition) is 2. The number of carboxylic acid groups (broad SMARTS) is 3. The van der Waals surface area contributed by atoms with Crippen molar-refractivity contribution in [3.8, 4) is 0 Å². The summed E-state index contributed by atoms with van der Waals surface area (Å²) in [7, 11) is 0. The van der Waals surface area contributed by atoms with Gasteiger partial charge in [-0.05, 0) is 0 Å². The van der Waals surface area contributed by atoms with Crippen LogP contribution in [0.3, 0.4) is 0 Å². The summed E-state index contributed by atoms with van der Waals surface area (Å²) in [5.74, 6) is -0.833. The summed E-state index contributed by atoms with van der Waals surface area (Å²) in [5.41, 5.74) is 0. The molecule has 52 valence electrons. The first-order valence-corrected chi connectivity index (χ1v) is 1.58. The fraction of sp³-hybridized carbons (Fsp3) is 0.333. The van der Waals surface area contributed by atoms with Crippen molar-refractivity contribution in [2.45, 2.75) is 6.92 Å². The van der Waals surface area contributed by atoms with Gasteiger partial charge in [-0.25, -0.2) is 4.79 Å². The van der Waals surface area contributed by atoms with Gasteiger partial charge < -0.3 is 15.3 Å². The molecule has 6 heteroatoms. The molecular weight excluding hydrogens is 156 g/mol. The molecular formula is C3H8CaO5. The minimum absolute atomic E-state index is 0.